The molecule has 1 saturated heterocycles. The van der Waals surface area contributed by atoms with Gasteiger partial charge in [0.25, 0.3) is 5.91 Å². The number of nitrogens with one attached hydrogen (secondary N) is 2. The zero-order valence-electron chi connectivity index (χ0n) is 13.4. The molecule has 1 aromatic rings. The van der Waals surface area contributed by atoms with Crippen molar-refractivity contribution >= 4 is 17.5 Å². The van der Waals surface area contributed by atoms with E-state index < -0.39 is 0 Å². The first-order valence-electron chi connectivity index (χ1n) is 8.01. The van der Waals surface area contributed by atoms with E-state index in [0.717, 1.165) is 31.9 Å². The summed E-state index contributed by atoms with van der Waals surface area (Å²) in [5.74, 6) is 0.524. The lowest BCUT2D eigenvalue weighted by molar-refractivity contribution is -0.884. The van der Waals surface area contributed by atoms with Crippen LogP contribution < -0.4 is 20.0 Å². The van der Waals surface area contributed by atoms with Gasteiger partial charge in [-0.15, -0.1) is 0 Å². The number of hydrogen-bond acceptors (Lipinski definition) is 4. The monoisotopic (exact) mass is 319 g/mol. The van der Waals surface area contributed by atoms with Gasteiger partial charge in [0.15, 0.2) is 6.61 Å². The van der Waals surface area contributed by atoms with E-state index in [1.54, 1.807) is 4.90 Å². The maximum absolute atomic E-state index is 12.1. The lowest BCUT2D eigenvalue weighted by Crippen LogP contribution is -3.12. The number of hydrogen-bond donors (Lipinski definition) is 2. The highest BCUT2D eigenvalue weighted by molar-refractivity contribution is 5.98. The van der Waals surface area contributed by atoms with Gasteiger partial charge in [-0.25, -0.2) is 5.01 Å². The Kier molecular flexibility index (Phi) is 4.78. The number of likely N-dealkylation sites (N-methyl/N-ethyl adjacent to an activating group) is 1. The van der Waals surface area contributed by atoms with Crippen molar-refractivity contribution in [3.05, 3.63) is 24.3 Å². The molecule has 0 atom stereocenters. The van der Waals surface area contributed by atoms with Crippen LogP contribution in [0.1, 0.15) is 6.42 Å². The smallest absolute Gasteiger partial charge is 0.265 e. The molecule has 124 valence electrons. The number of fused-ring (bicyclic) bond motifs is 1. The van der Waals surface area contributed by atoms with Crippen LogP contribution in [-0.4, -0.2) is 63.2 Å². The van der Waals surface area contributed by atoms with Crippen molar-refractivity contribution in [2.45, 2.75) is 6.42 Å². The molecule has 7 nitrogen and oxygen atoms in total. The van der Waals surface area contributed by atoms with E-state index in [1.807, 2.05) is 29.3 Å². The molecule has 2 aliphatic rings. The molecule has 0 unspecified atom stereocenters. The minimum atomic E-state index is -0.111. The van der Waals surface area contributed by atoms with E-state index in [0.29, 0.717) is 12.3 Å². The van der Waals surface area contributed by atoms with Crippen molar-refractivity contribution in [3.8, 4) is 5.75 Å². The summed E-state index contributed by atoms with van der Waals surface area (Å²) >= 11 is 0. The minimum absolute atomic E-state index is 0.0276. The Morgan fingerprint density at radius 1 is 1.30 bits per heavy atom. The molecule has 1 fully saturated rings. The Balaban J connectivity index is 1.53. The van der Waals surface area contributed by atoms with Gasteiger partial charge in [0.1, 0.15) is 5.75 Å². The van der Waals surface area contributed by atoms with Crippen LogP contribution in [0.5, 0.6) is 5.75 Å². The van der Waals surface area contributed by atoms with Gasteiger partial charge in [-0.05, 0) is 12.1 Å². The molecule has 0 spiro atoms. The molecule has 0 radical (unpaired) electrons. The summed E-state index contributed by atoms with van der Waals surface area (Å²) in [6, 6.07) is 7.41. The molecule has 7 heteroatoms. The number of para-hydroxylation sites is 2. The predicted octanol–water partition coefficient (Wildman–Crippen LogP) is -1.34. The lowest BCUT2D eigenvalue weighted by atomic mass is 10.2. The largest absolute Gasteiger partial charge is 0.482 e. The average Bonchev–Trinajstić information content (AvgIpc) is 2.56. The molecule has 0 aliphatic carbocycles. The zero-order chi connectivity index (χ0) is 16.2. The molecule has 23 heavy (non-hydrogen) atoms. The van der Waals surface area contributed by atoms with Crippen LogP contribution in [0.25, 0.3) is 0 Å². The maximum Gasteiger partial charge on any atom is 0.265 e. The number of rotatable bonds is 4. The van der Waals surface area contributed by atoms with Crippen LogP contribution >= 0.6 is 0 Å². The third-order valence-corrected chi connectivity index (χ3v) is 4.27. The summed E-state index contributed by atoms with van der Waals surface area (Å²) in [6.07, 6.45) is 0.277. The summed E-state index contributed by atoms with van der Waals surface area (Å²) in [5, 5.41) is 1.96. The number of anilines is 1. The number of carbonyl (C=O) groups is 2. The fourth-order valence-corrected chi connectivity index (χ4v) is 2.84. The van der Waals surface area contributed by atoms with Gasteiger partial charge in [0.05, 0.1) is 38.9 Å². The Bertz CT molecular complexity index is 584. The van der Waals surface area contributed by atoms with Gasteiger partial charge < -0.3 is 14.5 Å². The third kappa shape index (κ3) is 3.80. The SMILES string of the molecule is C[NH+]1CCN(NC(=O)CCN2C(=O)COc3ccccc32)CC1. The average molecular weight is 319 g/mol. The Labute approximate surface area is 135 Å². The quantitative estimate of drug-likeness (QED) is 0.721. The van der Waals surface area contributed by atoms with E-state index in [2.05, 4.69) is 12.5 Å². The van der Waals surface area contributed by atoms with Crippen molar-refractivity contribution < 1.29 is 19.2 Å². The molecule has 0 saturated carbocycles. The number of benzene rings is 1. The summed E-state index contributed by atoms with van der Waals surface area (Å²) in [7, 11) is 2.15. The Hall–Kier alpha value is -2.12. The summed E-state index contributed by atoms with van der Waals surface area (Å²) in [4.78, 5) is 27.3. The standard InChI is InChI=1S/C16H22N4O3/c1-18-8-10-19(11-9-18)17-15(21)6-7-20-13-4-2-3-5-14(13)23-12-16(20)22/h2-5H,6-12H2,1H3,(H,17,21)/p+1. The van der Waals surface area contributed by atoms with Gasteiger partial charge in [-0.3, -0.25) is 15.0 Å². The first-order valence-corrected chi connectivity index (χ1v) is 8.01. The van der Waals surface area contributed by atoms with Crippen LogP contribution in [0.15, 0.2) is 24.3 Å². The topological polar surface area (TPSA) is 66.3 Å². The van der Waals surface area contributed by atoms with Gasteiger partial charge in [0, 0.05) is 13.0 Å². The highest BCUT2D eigenvalue weighted by Gasteiger charge is 2.26. The molecule has 2 N–H and O–H groups in total. The van der Waals surface area contributed by atoms with Crippen LogP contribution in [0.4, 0.5) is 5.69 Å². The van der Waals surface area contributed by atoms with E-state index in [4.69, 9.17) is 4.74 Å². The molecule has 0 bridgehead atoms. The number of carbonyl (C=O) groups excluding carboxylic acids is 2. The second-order valence-corrected chi connectivity index (χ2v) is 6.03. The summed E-state index contributed by atoms with van der Waals surface area (Å²) in [5.41, 5.74) is 3.67. The van der Waals surface area contributed by atoms with E-state index in [1.165, 1.54) is 4.90 Å². The summed E-state index contributed by atoms with van der Waals surface area (Å²) in [6.45, 7) is 4.16. The number of nitrogens with zero attached hydrogens (tertiary/aromatic N) is 2. The zero-order valence-corrected chi connectivity index (χ0v) is 13.4. The number of amides is 2. The summed E-state index contributed by atoms with van der Waals surface area (Å²) < 4.78 is 5.40. The third-order valence-electron chi connectivity index (χ3n) is 4.27. The van der Waals surface area contributed by atoms with Crippen LogP contribution in [0, 0.1) is 0 Å². The molecule has 0 aromatic heterocycles. The molecular weight excluding hydrogens is 296 g/mol. The Morgan fingerprint density at radius 2 is 2.04 bits per heavy atom. The van der Waals surface area contributed by atoms with Gasteiger partial charge >= 0.3 is 0 Å². The molecule has 2 amide bonds. The van der Waals surface area contributed by atoms with Crippen molar-refractivity contribution in [1.29, 1.82) is 0 Å². The van der Waals surface area contributed by atoms with Crippen LogP contribution in [0.3, 0.4) is 0 Å². The van der Waals surface area contributed by atoms with Crippen LogP contribution in [0.2, 0.25) is 0 Å². The van der Waals surface area contributed by atoms with Gasteiger partial charge in [0.2, 0.25) is 5.91 Å². The van der Waals surface area contributed by atoms with Crippen molar-refractivity contribution in [1.82, 2.24) is 10.4 Å². The molecule has 2 heterocycles. The number of quaternary nitrogens is 1. The number of ether oxygens (including phenoxy) is 1. The first-order chi connectivity index (χ1) is 11.1. The van der Waals surface area contributed by atoms with E-state index >= 15 is 0 Å². The van der Waals surface area contributed by atoms with Crippen LogP contribution in [-0.2, 0) is 9.59 Å². The second-order valence-electron chi connectivity index (χ2n) is 6.03. The fraction of sp³-hybridized carbons (Fsp3) is 0.500. The normalized spacial score (nSPS) is 19.2. The number of piperazine rings is 1. The molecule has 2 aliphatic heterocycles. The van der Waals surface area contributed by atoms with Crippen molar-refractivity contribution in [3.63, 3.8) is 0 Å². The highest BCUT2D eigenvalue weighted by Crippen LogP contribution is 2.31. The molecular formula is C16H23N4O3+. The Morgan fingerprint density at radius 3 is 2.83 bits per heavy atom. The van der Waals surface area contributed by atoms with E-state index in [9.17, 15) is 9.59 Å². The molecule has 3 rings (SSSR count). The molecule has 1 aromatic carbocycles. The lowest BCUT2D eigenvalue weighted by Gasteiger charge is -2.31. The maximum atomic E-state index is 12.1. The number of hydrazine groups is 1. The first kappa shape index (κ1) is 15.8. The minimum Gasteiger partial charge on any atom is -0.482 e. The van der Waals surface area contributed by atoms with Crippen molar-refractivity contribution in [2.75, 3.05) is 51.3 Å². The fourth-order valence-electron chi connectivity index (χ4n) is 2.84. The highest BCUT2D eigenvalue weighted by atomic mass is 16.5. The predicted molar refractivity (Wildman–Crippen MR) is 85.2 cm³/mol. The van der Waals surface area contributed by atoms with Gasteiger partial charge in [-0.2, -0.15) is 0 Å². The van der Waals surface area contributed by atoms with Gasteiger partial charge in [-0.1, -0.05) is 12.1 Å². The van der Waals surface area contributed by atoms with Crippen molar-refractivity contribution in [2.24, 2.45) is 0 Å². The van der Waals surface area contributed by atoms with E-state index in [-0.39, 0.29) is 24.8 Å². The second kappa shape index (κ2) is 6.97.